The Balaban J connectivity index is 1.25. The van der Waals surface area contributed by atoms with Gasteiger partial charge in [-0.3, -0.25) is 4.79 Å². The van der Waals surface area contributed by atoms with Gasteiger partial charge < -0.3 is 25.3 Å². The minimum Gasteiger partial charge on any atom is -0.378 e. The van der Waals surface area contributed by atoms with Crippen molar-refractivity contribution in [2.45, 2.75) is 50.9 Å². The van der Waals surface area contributed by atoms with E-state index in [0.717, 1.165) is 49.9 Å². The average Bonchev–Trinajstić information content (AvgIpc) is 3.40. The normalized spacial score (nSPS) is 22.8. The molecule has 3 aromatic rings. The summed E-state index contributed by atoms with van der Waals surface area (Å²) in [5.74, 6) is -0.0506. The molecule has 0 radical (unpaired) electrons. The van der Waals surface area contributed by atoms with E-state index in [-0.39, 0.29) is 24.1 Å². The molecule has 1 saturated heterocycles. The highest BCUT2D eigenvalue weighted by Gasteiger charge is 2.31. The highest BCUT2D eigenvalue weighted by molar-refractivity contribution is 5.97. The summed E-state index contributed by atoms with van der Waals surface area (Å²) in [5.41, 5.74) is 11.6. The maximum absolute atomic E-state index is 12.9. The number of ether oxygens (including phenoxy) is 1. The number of benzene rings is 1. The molecule has 0 spiro atoms. The highest BCUT2D eigenvalue weighted by Crippen LogP contribution is 2.29. The van der Waals surface area contributed by atoms with Crippen molar-refractivity contribution in [1.29, 1.82) is 0 Å². The monoisotopic (exact) mass is 433 g/mol. The van der Waals surface area contributed by atoms with Crippen LogP contribution in [0.2, 0.25) is 0 Å². The molecule has 1 amide bonds. The Labute approximate surface area is 188 Å². The van der Waals surface area contributed by atoms with Crippen LogP contribution in [0.3, 0.4) is 0 Å². The number of carbonyl (C=O) groups is 1. The predicted molar refractivity (Wildman–Crippen MR) is 126 cm³/mol. The summed E-state index contributed by atoms with van der Waals surface area (Å²) in [5, 5.41) is 4.22. The lowest BCUT2D eigenvalue weighted by Crippen LogP contribution is -2.39. The van der Waals surface area contributed by atoms with Crippen LogP contribution in [0.15, 0.2) is 42.7 Å². The van der Waals surface area contributed by atoms with E-state index < -0.39 is 0 Å². The number of hydrogen-bond acceptors (Lipinski definition) is 5. The number of nitrogens with one attached hydrogen (secondary N) is 1. The van der Waals surface area contributed by atoms with Gasteiger partial charge in [-0.25, -0.2) is 4.98 Å². The van der Waals surface area contributed by atoms with Gasteiger partial charge in [0.1, 0.15) is 5.65 Å². The Hall–Kier alpha value is -2.90. The van der Waals surface area contributed by atoms with Gasteiger partial charge in [-0.1, -0.05) is 6.07 Å². The molecule has 2 aliphatic rings. The Morgan fingerprint density at radius 3 is 2.91 bits per heavy atom. The summed E-state index contributed by atoms with van der Waals surface area (Å²) in [7, 11) is 1.73. The third-order valence-corrected chi connectivity index (χ3v) is 6.93. The first kappa shape index (κ1) is 21.0. The number of hydrogen-bond donors (Lipinski definition) is 2. The summed E-state index contributed by atoms with van der Waals surface area (Å²) >= 11 is 0. The lowest BCUT2D eigenvalue weighted by Gasteiger charge is -2.27. The van der Waals surface area contributed by atoms with E-state index in [9.17, 15) is 4.79 Å². The van der Waals surface area contributed by atoms with Crippen LogP contribution in [0.1, 0.15) is 34.8 Å². The van der Waals surface area contributed by atoms with Gasteiger partial charge in [0.15, 0.2) is 0 Å². The molecule has 0 unspecified atom stereocenters. The number of fused-ring (bicyclic) bond motifs is 2. The van der Waals surface area contributed by atoms with Crippen molar-refractivity contribution in [3.8, 4) is 0 Å². The zero-order chi connectivity index (χ0) is 22.2. The lowest BCUT2D eigenvalue weighted by atomic mass is 9.87. The van der Waals surface area contributed by atoms with Crippen LogP contribution in [0.4, 0.5) is 5.69 Å². The van der Waals surface area contributed by atoms with Gasteiger partial charge in [0.05, 0.1) is 17.7 Å². The third kappa shape index (κ3) is 3.87. The molecular weight excluding hydrogens is 402 g/mol. The molecule has 3 atom stereocenters. The Morgan fingerprint density at radius 1 is 1.25 bits per heavy atom. The first-order valence-corrected chi connectivity index (χ1v) is 11.5. The molecule has 168 valence electrons. The SMILES string of the molecule is CCn1ccc2cc(C(=O)N[C@H]3CCc4cc(N5C[C@H](OC)[C@@H](N)C5)ccc4C3)cnc21. The summed E-state index contributed by atoms with van der Waals surface area (Å²) in [6.07, 6.45) is 6.52. The fourth-order valence-electron chi connectivity index (χ4n) is 5.05. The lowest BCUT2D eigenvalue weighted by molar-refractivity contribution is 0.0933. The number of pyridine rings is 1. The number of aryl methyl sites for hydroxylation is 2. The molecule has 0 saturated carbocycles. The van der Waals surface area contributed by atoms with Crippen molar-refractivity contribution in [2.24, 2.45) is 5.73 Å². The van der Waals surface area contributed by atoms with E-state index in [1.165, 1.54) is 16.8 Å². The molecule has 7 nitrogen and oxygen atoms in total. The molecule has 0 bridgehead atoms. The van der Waals surface area contributed by atoms with Gasteiger partial charge in [-0.15, -0.1) is 0 Å². The molecule has 5 rings (SSSR count). The maximum Gasteiger partial charge on any atom is 0.253 e. The summed E-state index contributed by atoms with van der Waals surface area (Å²) in [6.45, 7) is 4.59. The largest absolute Gasteiger partial charge is 0.378 e. The number of methoxy groups -OCH3 is 1. The van der Waals surface area contributed by atoms with Gasteiger partial charge in [-0.05, 0) is 61.6 Å². The van der Waals surface area contributed by atoms with Crippen LogP contribution >= 0.6 is 0 Å². The molecular formula is C25H31N5O2. The van der Waals surface area contributed by atoms with Crippen LogP contribution in [-0.2, 0) is 24.1 Å². The van der Waals surface area contributed by atoms with Crippen molar-refractivity contribution in [3.05, 3.63) is 59.4 Å². The highest BCUT2D eigenvalue weighted by atomic mass is 16.5. The second-order valence-electron chi connectivity index (χ2n) is 8.95. The molecule has 1 fully saturated rings. The molecule has 3 heterocycles. The van der Waals surface area contributed by atoms with Gasteiger partial charge in [0, 0.05) is 56.3 Å². The van der Waals surface area contributed by atoms with E-state index in [4.69, 9.17) is 10.5 Å². The fraction of sp³-hybridized carbons (Fsp3) is 0.440. The summed E-state index contributed by atoms with van der Waals surface area (Å²) < 4.78 is 7.57. The fourth-order valence-corrected chi connectivity index (χ4v) is 5.05. The number of amides is 1. The van der Waals surface area contributed by atoms with E-state index in [1.54, 1.807) is 13.3 Å². The number of anilines is 1. The van der Waals surface area contributed by atoms with E-state index in [0.29, 0.717) is 5.56 Å². The minimum absolute atomic E-state index is 0.0462. The van der Waals surface area contributed by atoms with E-state index >= 15 is 0 Å². The number of nitrogens with zero attached hydrogens (tertiary/aromatic N) is 3. The average molecular weight is 434 g/mol. The Morgan fingerprint density at radius 2 is 2.12 bits per heavy atom. The van der Waals surface area contributed by atoms with Crippen LogP contribution in [0, 0.1) is 0 Å². The standard InChI is InChI=1S/C25H31N5O2/c1-3-29-9-8-18-10-19(13-27-24(18)29)25(31)28-20-6-4-17-12-21(7-5-16(17)11-20)30-14-22(26)23(15-30)32-2/h5,7-10,12-13,20,22-23H,3-4,6,11,14-15,26H2,1-2H3,(H,28,31)/t20-,22-,23-/m0/s1. The molecule has 1 aliphatic heterocycles. The number of aromatic nitrogens is 2. The number of rotatable bonds is 5. The molecule has 32 heavy (non-hydrogen) atoms. The smallest absolute Gasteiger partial charge is 0.253 e. The van der Waals surface area contributed by atoms with Gasteiger partial charge in [0.25, 0.3) is 5.91 Å². The summed E-state index contributed by atoms with van der Waals surface area (Å²) in [6, 6.07) is 10.8. The van der Waals surface area contributed by atoms with Crippen molar-refractivity contribution in [2.75, 3.05) is 25.1 Å². The first-order chi connectivity index (χ1) is 15.6. The van der Waals surface area contributed by atoms with Gasteiger partial charge >= 0.3 is 0 Å². The van der Waals surface area contributed by atoms with Crippen LogP contribution in [0.5, 0.6) is 0 Å². The Bertz CT molecular complexity index is 1140. The van der Waals surface area contributed by atoms with Gasteiger partial charge in [-0.2, -0.15) is 0 Å². The minimum atomic E-state index is -0.0506. The molecule has 3 N–H and O–H groups in total. The number of carbonyl (C=O) groups excluding carboxylic acids is 1. The second kappa shape index (κ2) is 8.56. The van der Waals surface area contributed by atoms with E-state index in [1.807, 2.05) is 18.3 Å². The van der Waals surface area contributed by atoms with Crippen LogP contribution in [-0.4, -0.2) is 53.8 Å². The van der Waals surface area contributed by atoms with Crippen LogP contribution < -0.4 is 16.0 Å². The molecule has 7 heteroatoms. The second-order valence-corrected chi connectivity index (χ2v) is 8.95. The number of nitrogens with two attached hydrogens (primary N) is 1. The van der Waals surface area contributed by atoms with Gasteiger partial charge in [0.2, 0.25) is 0 Å². The maximum atomic E-state index is 12.9. The zero-order valence-corrected chi connectivity index (χ0v) is 18.8. The van der Waals surface area contributed by atoms with Crippen molar-refractivity contribution in [1.82, 2.24) is 14.9 Å². The Kier molecular flexibility index (Phi) is 5.61. The zero-order valence-electron chi connectivity index (χ0n) is 18.8. The summed E-state index contributed by atoms with van der Waals surface area (Å²) in [4.78, 5) is 19.7. The topological polar surface area (TPSA) is 85.4 Å². The predicted octanol–water partition coefficient (Wildman–Crippen LogP) is 2.51. The van der Waals surface area contributed by atoms with Crippen molar-refractivity contribution < 1.29 is 9.53 Å². The van der Waals surface area contributed by atoms with Crippen molar-refractivity contribution >= 4 is 22.6 Å². The molecule has 1 aliphatic carbocycles. The molecule has 1 aromatic carbocycles. The van der Waals surface area contributed by atoms with Crippen molar-refractivity contribution in [3.63, 3.8) is 0 Å². The van der Waals surface area contributed by atoms with Crippen LogP contribution in [0.25, 0.3) is 11.0 Å². The third-order valence-electron chi connectivity index (χ3n) is 6.93. The first-order valence-electron chi connectivity index (χ1n) is 11.5. The molecule has 2 aromatic heterocycles. The quantitative estimate of drug-likeness (QED) is 0.646. The van der Waals surface area contributed by atoms with E-state index in [2.05, 4.69) is 44.9 Å².